The van der Waals surface area contributed by atoms with Crippen LogP contribution in [-0.4, -0.2) is 43.4 Å². The standard InChI is InChI=1S/C33H30N2O7S/c1-4-40-27(36)20-42-25-13-9-10-21(18-25)19-26-31(37)35-30(23-14-16-24(39-3)17-15-23)28(32(38)41-5-2)29(34-33(35)43-26)22-11-7-6-8-12-22/h6-19,30H,4-5,20H2,1-3H3/b26-19-/t30-/m0/s1. The van der Waals surface area contributed by atoms with Gasteiger partial charge < -0.3 is 18.9 Å². The van der Waals surface area contributed by atoms with E-state index in [-0.39, 0.29) is 31.0 Å². The molecule has 0 unspecified atom stereocenters. The minimum absolute atomic E-state index is 0.165. The van der Waals surface area contributed by atoms with Crippen molar-refractivity contribution in [3.8, 4) is 11.5 Å². The second-order valence-corrected chi connectivity index (χ2v) is 10.4. The third kappa shape index (κ3) is 6.44. The Morgan fingerprint density at radius 1 is 0.930 bits per heavy atom. The third-order valence-electron chi connectivity index (χ3n) is 6.62. The smallest absolute Gasteiger partial charge is 0.344 e. The van der Waals surface area contributed by atoms with Crippen molar-refractivity contribution in [3.05, 3.63) is 121 Å². The molecule has 5 rings (SSSR count). The summed E-state index contributed by atoms with van der Waals surface area (Å²) in [4.78, 5) is 44.6. The van der Waals surface area contributed by atoms with E-state index in [0.717, 1.165) is 5.56 Å². The van der Waals surface area contributed by atoms with Gasteiger partial charge in [0.15, 0.2) is 11.4 Å². The van der Waals surface area contributed by atoms with Crippen LogP contribution in [0.3, 0.4) is 0 Å². The lowest BCUT2D eigenvalue weighted by Crippen LogP contribution is -2.40. The molecule has 0 N–H and O–H groups in total. The van der Waals surface area contributed by atoms with Gasteiger partial charge in [-0.2, -0.15) is 0 Å². The van der Waals surface area contributed by atoms with Gasteiger partial charge in [-0.05, 0) is 55.3 Å². The fourth-order valence-corrected chi connectivity index (χ4v) is 5.73. The van der Waals surface area contributed by atoms with Crippen molar-refractivity contribution in [2.24, 2.45) is 4.99 Å². The van der Waals surface area contributed by atoms with E-state index in [9.17, 15) is 14.4 Å². The largest absolute Gasteiger partial charge is 0.497 e. The molecule has 0 amide bonds. The van der Waals surface area contributed by atoms with Crippen LogP contribution in [0.25, 0.3) is 11.8 Å². The Bertz CT molecular complexity index is 1840. The number of fused-ring (bicyclic) bond motifs is 1. The van der Waals surface area contributed by atoms with E-state index in [1.807, 2.05) is 48.5 Å². The minimum atomic E-state index is -0.794. The topological polar surface area (TPSA) is 105 Å². The highest BCUT2D eigenvalue weighted by Crippen LogP contribution is 2.35. The van der Waals surface area contributed by atoms with Crippen LogP contribution in [0.2, 0.25) is 0 Å². The first-order valence-electron chi connectivity index (χ1n) is 13.7. The summed E-state index contributed by atoms with van der Waals surface area (Å²) < 4.78 is 23.3. The fourth-order valence-electron chi connectivity index (χ4n) is 4.73. The number of carbonyl (C=O) groups excluding carboxylic acids is 2. The first kappa shape index (κ1) is 29.5. The zero-order valence-electron chi connectivity index (χ0n) is 23.9. The molecule has 0 bridgehead atoms. The number of rotatable bonds is 10. The molecular formula is C33H30N2O7S. The molecule has 0 fully saturated rings. The summed E-state index contributed by atoms with van der Waals surface area (Å²) >= 11 is 1.22. The van der Waals surface area contributed by atoms with Crippen LogP contribution in [0.5, 0.6) is 11.5 Å². The van der Waals surface area contributed by atoms with Gasteiger partial charge in [-0.1, -0.05) is 65.9 Å². The molecule has 3 aromatic carbocycles. The van der Waals surface area contributed by atoms with Crippen LogP contribution < -0.4 is 24.4 Å². The number of thiazole rings is 1. The van der Waals surface area contributed by atoms with E-state index in [4.69, 9.17) is 23.9 Å². The Morgan fingerprint density at radius 2 is 1.67 bits per heavy atom. The predicted octanol–water partition coefficient (Wildman–Crippen LogP) is 3.89. The monoisotopic (exact) mass is 598 g/mol. The molecular weight excluding hydrogens is 568 g/mol. The molecule has 1 atom stereocenters. The molecule has 0 spiro atoms. The van der Waals surface area contributed by atoms with Gasteiger partial charge in [0, 0.05) is 5.56 Å². The molecule has 0 aliphatic carbocycles. The van der Waals surface area contributed by atoms with Gasteiger partial charge in [0.05, 0.1) is 42.2 Å². The first-order valence-corrected chi connectivity index (χ1v) is 14.6. The summed E-state index contributed by atoms with van der Waals surface area (Å²) in [5.41, 5.74) is 2.53. The van der Waals surface area contributed by atoms with Crippen molar-refractivity contribution in [2.75, 3.05) is 26.9 Å². The number of hydrogen-bond donors (Lipinski definition) is 0. The Balaban J connectivity index is 1.67. The molecule has 2 heterocycles. The molecule has 0 saturated carbocycles. The van der Waals surface area contributed by atoms with Crippen molar-refractivity contribution in [1.82, 2.24) is 4.57 Å². The van der Waals surface area contributed by atoms with Gasteiger partial charge in [-0.25, -0.2) is 14.6 Å². The van der Waals surface area contributed by atoms with Crippen LogP contribution >= 0.6 is 11.3 Å². The van der Waals surface area contributed by atoms with Gasteiger partial charge in [0.1, 0.15) is 11.5 Å². The summed E-state index contributed by atoms with van der Waals surface area (Å²) in [6, 6.07) is 22.9. The number of ether oxygens (including phenoxy) is 4. The van der Waals surface area contributed by atoms with E-state index < -0.39 is 18.0 Å². The van der Waals surface area contributed by atoms with Crippen molar-refractivity contribution in [2.45, 2.75) is 19.9 Å². The molecule has 1 aromatic heterocycles. The van der Waals surface area contributed by atoms with Crippen LogP contribution in [0.1, 0.15) is 36.6 Å². The number of benzene rings is 3. The molecule has 9 nitrogen and oxygen atoms in total. The number of methoxy groups -OCH3 is 1. The van der Waals surface area contributed by atoms with Gasteiger partial charge in [-0.3, -0.25) is 9.36 Å². The Hall–Kier alpha value is -4.96. The van der Waals surface area contributed by atoms with Gasteiger partial charge in [0.25, 0.3) is 5.56 Å². The van der Waals surface area contributed by atoms with E-state index in [1.165, 1.54) is 15.9 Å². The zero-order valence-corrected chi connectivity index (χ0v) is 24.8. The molecule has 220 valence electrons. The SMILES string of the molecule is CCOC(=O)COc1cccc(/C=c2\sc3n(c2=O)[C@@H](c2ccc(OC)cc2)C(C(=O)OCC)=C(c2ccccc2)N=3)c1. The van der Waals surface area contributed by atoms with Crippen LogP contribution in [0, 0.1) is 0 Å². The Labute approximate surface area is 252 Å². The van der Waals surface area contributed by atoms with Gasteiger partial charge in [-0.15, -0.1) is 0 Å². The highest BCUT2D eigenvalue weighted by Gasteiger charge is 2.35. The number of esters is 2. The summed E-state index contributed by atoms with van der Waals surface area (Å²) in [6.07, 6.45) is 1.74. The molecule has 0 radical (unpaired) electrons. The summed E-state index contributed by atoms with van der Waals surface area (Å²) in [6.45, 7) is 3.68. The van der Waals surface area contributed by atoms with E-state index in [0.29, 0.717) is 37.7 Å². The fraction of sp³-hybridized carbons (Fsp3) is 0.212. The quantitative estimate of drug-likeness (QED) is 0.255. The normalized spacial score (nSPS) is 14.5. The van der Waals surface area contributed by atoms with Gasteiger partial charge in [0.2, 0.25) is 0 Å². The van der Waals surface area contributed by atoms with Crippen LogP contribution in [0.4, 0.5) is 0 Å². The number of carbonyl (C=O) groups is 2. The highest BCUT2D eigenvalue weighted by atomic mass is 32.1. The summed E-state index contributed by atoms with van der Waals surface area (Å²) in [7, 11) is 1.58. The van der Waals surface area contributed by atoms with Crippen molar-refractivity contribution < 1.29 is 28.5 Å². The molecule has 0 saturated heterocycles. The van der Waals surface area contributed by atoms with E-state index >= 15 is 0 Å². The second kappa shape index (κ2) is 13.3. The molecule has 4 aromatic rings. The second-order valence-electron chi connectivity index (χ2n) is 9.37. The maximum absolute atomic E-state index is 14.1. The maximum Gasteiger partial charge on any atom is 0.344 e. The average Bonchev–Trinajstić information content (AvgIpc) is 3.34. The van der Waals surface area contributed by atoms with Crippen LogP contribution in [0.15, 0.2) is 94.2 Å². The third-order valence-corrected chi connectivity index (χ3v) is 7.61. The lowest BCUT2D eigenvalue weighted by atomic mass is 9.93. The Kier molecular flexibility index (Phi) is 9.17. The van der Waals surface area contributed by atoms with Crippen molar-refractivity contribution in [3.63, 3.8) is 0 Å². The van der Waals surface area contributed by atoms with Crippen molar-refractivity contribution >= 4 is 35.0 Å². The van der Waals surface area contributed by atoms with E-state index in [2.05, 4.69) is 0 Å². The number of nitrogens with zero attached hydrogens (tertiary/aromatic N) is 2. The lowest BCUT2D eigenvalue weighted by molar-refractivity contribution is -0.145. The van der Waals surface area contributed by atoms with E-state index in [1.54, 1.807) is 57.4 Å². The molecule has 1 aliphatic rings. The average molecular weight is 599 g/mol. The molecule has 10 heteroatoms. The summed E-state index contributed by atoms with van der Waals surface area (Å²) in [5, 5.41) is 0. The Morgan fingerprint density at radius 3 is 2.37 bits per heavy atom. The molecule has 43 heavy (non-hydrogen) atoms. The van der Waals surface area contributed by atoms with Crippen LogP contribution in [-0.2, 0) is 19.1 Å². The number of aromatic nitrogens is 1. The highest BCUT2D eigenvalue weighted by molar-refractivity contribution is 7.07. The van der Waals surface area contributed by atoms with Gasteiger partial charge >= 0.3 is 11.9 Å². The predicted molar refractivity (Wildman–Crippen MR) is 163 cm³/mol. The maximum atomic E-state index is 14.1. The molecule has 1 aliphatic heterocycles. The summed E-state index contributed by atoms with van der Waals surface area (Å²) in [5.74, 6) is 0.0887. The zero-order chi connectivity index (χ0) is 30.3. The van der Waals surface area contributed by atoms with Crippen molar-refractivity contribution in [1.29, 1.82) is 0 Å². The first-order chi connectivity index (χ1) is 20.9. The number of hydrogen-bond acceptors (Lipinski definition) is 9. The minimum Gasteiger partial charge on any atom is -0.497 e. The lowest BCUT2D eigenvalue weighted by Gasteiger charge is -2.26.